The molecule has 0 spiro atoms. The van der Waals surface area contributed by atoms with E-state index in [-0.39, 0.29) is 11.9 Å². The molecule has 5 heteroatoms. The zero-order valence-corrected chi connectivity index (χ0v) is 12.3. The van der Waals surface area contributed by atoms with Crippen LogP contribution in [0.15, 0.2) is 18.2 Å². The Labute approximate surface area is 125 Å². The van der Waals surface area contributed by atoms with Crippen molar-refractivity contribution < 1.29 is 9.53 Å². The molecule has 1 aliphatic rings. The molecule has 1 atom stereocenters. The number of aryl methyl sites for hydroxylation is 1. The van der Waals surface area contributed by atoms with Crippen LogP contribution in [0.5, 0.6) is 5.75 Å². The molecule has 0 aliphatic carbocycles. The number of benzene rings is 1. The normalized spacial score (nSPS) is 14.8. The second-order valence-electron chi connectivity index (χ2n) is 5.14. The fraction of sp³-hybridized carbons (Fsp3) is 0.500. The number of nitrogens with zero attached hydrogens (tertiary/aromatic N) is 1. The van der Waals surface area contributed by atoms with Crippen molar-refractivity contribution in [2.45, 2.75) is 38.6 Å². The molecular weight excluding hydrogens is 266 g/mol. The van der Waals surface area contributed by atoms with E-state index in [1.807, 2.05) is 18.2 Å². The van der Waals surface area contributed by atoms with Gasteiger partial charge in [0.1, 0.15) is 5.75 Å². The molecule has 112 valence electrons. The van der Waals surface area contributed by atoms with E-state index in [2.05, 4.69) is 23.6 Å². The van der Waals surface area contributed by atoms with Crippen LogP contribution in [0.25, 0.3) is 0 Å². The third kappa shape index (κ3) is 4.47. The Balaban J connectivity index is 1.84. The predicted molar refractivity (Wildman–Crippen MR) is 81.2 cm³/mol. The zero-order valence-electron chi connectivity index (χ0n) is 12.3. The van der Waals surface area contributed by atoms with Gasteiger partial charge in [0, 0.05) is 18.5 Å². The Hall–Kier alpha value is -2.06. The highest BCUT2D eigenvalue weighted by Gasteiger charge is 2.15. The number of hydrogen-bond acceptors (Lipinski definition) is 4. The summed E-state index contributed by atoms with van der Waals surface area (Å²) >= 11 is 0. The van der Waals surface area contributed by atoms with Crippen molar-refractivity contribution in [3.8, 4) is 11.8 Å². The highest BCUT2D eigenvalue weighted by atomic mass is 16.5. The van der Waals surface area contributed by atoms with Crippen LogP contribution in [0.3, 0.4) is 0 Å². The molecular formula is C16H21N3O2. The summed E-state index contributed by atoms with van der Waals surface area (Å²) in [6.07, 6.45) is 2.94. The second kappa shape index (κ2) is 7.65. The number of carbonyl (C=O) groups excluding carboxylic acids is 1. The number of anilines is 1. The van der Waals surface area contributed by atoms with Gasteiger partial charge in [-0.1, -0.05) is 6.92 Å². The average molecular weight is 287 g/mol. The molecule has 0 saturated carbocycles. The van der Waals surface area contributed by atoms with Gasteiger partial charge in [-0.2, -0.15) is 5.26 Å². The summed E-state index contributed by atoms with van der Waals surface area (Å²) in [5.74, 6) is 0.854. The molecule has 2 rings (SSSR count). The summed E-state index contributed by atoms with van der Waals surface area (Å²) in [5.41, 5.74) is 1.98. The fourth-order valence-electron chi connectivity index (χ4n) is 2.28. The van der Waals surface area contributed by atoms with Crippen molar-refractivity contribution in [3.63, 3.8) is 0 Å². The van der Waals surface area contributed by atoms with E-state index in [0.717, 1.165) is 36.4 Å². The first-order valence-corrected chi connectivity index (χ1v) is 7.41. The lowest BCUT2D eigenvalue weighted by molar-refractivity contribution is -0.116. The van der Waals surface area contributed by atoms with Crippen molar-refractivity contribution >= 4 is 11.6 Å². The Kier molecular flexibility index (Phi) is 5.59. The van der Waals surface area contributed by atoms with Crippen molar-refractivity contribution in [3.05, 3.63) is 23.8 Å². The quantitative estimate of drug-likeness (QED) is 0.806. The third-order valence-electron chi connectivity index (χ3n) is 3.44. The van der Waals surface area contributed by atoms with Gasteiger partial charge in [-0.25, -0.2) is 0 Å². The maximum atomic E-state index is 11.3. The topological polar surface area (TPSA) is 74.1 Å². The summed E-state index contributed by atoms with van der Waals surface area (Å²) < 4.78 is 5.71. The summed E-state index contributed by atoms with van der Waals surface area (Å²) in [6, 6.07) is 7.77. The number of ether oxygens (including phenoxy) is 1. The van der Waals surface area contributed by atoms with E-state index < -0.39 is 0 Å². The maximum Gasteiger partial charge on any atom is 0.224 e. The molecule has 1 aliphatic heterocycles. The number of fused-ring (bicyclic) bond motifs is 1. The van der Waals surface area contributed by atoms with Crippen LogP contribution in [-0.4, -0.2) is 25.1 Å². The lowest BCUT2D eigenvalue weighted by Crippen LogP contribution is -2.29. The Morgan fingerprint density at radius 1 is 1.48 bits per heavy atom. The van der Waals surface area contributed by atoms with Gasteiger partial charge in [0.25, 0.3) is 0 Å². The number of carbonyl (C=O) groups is 1. The molecule has 1 aromatic rings. The Morgan fingerprint density at radius 3 is 3.10 bits per heavy atom. The van der Waals surface area contributed by atoms with Gasteiger partial charge < -0.3 is 15.4 Å². The van der Waals surface area contributed by atoms with Crippen LogP contribution in [0, 0.1) is 11.3 Å². The number of nitrogens with one attached hydrogen (secondary N) is 2. The lowest BCUT2D eigenvalue weighted by Gasteiger charge is -2.18. The highest BCUT2D eigenvalue weighted by Crippen LogP contribution is 2.26. The van der Waals surface area contributed by atoms with Crippen LogP contribution in [0.2, 0.25) is 0 Å². The van der Waals surface area contributed by atoms with Gasteiger partial charge in [0.15, 0.2) is 0 Å². The van der Waals surface area contributed by atoms with E-state index in [9.17, 15) is 4.79 Å². The minimum atomic E-state index is -0.165. The van der Waals surface area contributed by atoms with E-state index in [0.29, 0.717) is 19.4 Å². The van der Waals surface area contributed by atoms with E-state index in [1.165, 1.54) is 0 Å². The number of nitriles is 1. The average Bonchev–Trinajstić information content (AvgIpc) is 2.50. The Bertz CT molecular complexity index is 537. The zero-order chi connectivity index (χ0) is 15.1. The van der Waals surface area contributed by atoms with Crippen LogP contribution >= 0.6 is 0 Å². The standard InChI is InChI=1S/C16H21N3O2/c1-2-8-18-13(11-17)7-9-21-14-4-5-15-12(10-14)3-6-16(20)19-15/h4-5,10,13,18H,2-3,6-9H2,1H3,(H,19,20). The van der Waals surface area contributed by atoms with Gasteiger partial charge in [-0.15, -0.1) is 0 Å². The van der Waals surface area contributed by atoms with E-state index in [1.54, 1.807) is 0 Å². The Morgan fingerprint density at radius 2 is 2.33 bits per heavy atom. The summed E-state index contributed by atoms with van der Waals surface area (Å²) in [4.78, 5) is 11.3. The lowest BCUT2D eigenvalue weighted by atomic mass is 10.0. The van der Waals surface area contributed by atoms with Gasteiger partial charge in [-0.05, 0) is 43.1 Å². The molecule has 1 amide bonds. The van der Waals surface area contributed by atoms with Gasteiger partial charge in [-0.3, -0.25) is 4.79 Å². The molecule has 1 aromatic carbocycles. The number of amides is 1. The smallest absolute Gasteiger partial charge is 0.224 e. The molecule has 0 radical (unpaired) electrons. The van der Waals surface area contributed by atoms with E-state index >= 15 is 0 Å². The molecule has 5 nitrogen and oxygen atoms in total. The van der Waals surface area contributed by atoms with E-state index in [4.69, 9.17) is 10.00 Å². The van der Waals surface area contributed by atoms with Gasteiger partial charge in [0.05, 0.1) is 18.7 Å². The largest absolute Gasteiger partial charge is 0.493 e. The van der Waals surface area contributed by atoms with Gasteiger partial charge in [0.2, 0.25) is 5.91 Å². The SMILES string of the molecule is CCCNC(C#N)CCOc1ccc2c(c1)CCC(=O)N2. The molecule has 0 saturated heterocycles. The first kappa shape index (κ1) is 15.3. The van der Waals surface area contributed by atoms with Crippen LogP contribution in [0.1, 0.15) is 31.7 Å². The summed E-state index contributed by atoms with van der Waals surface area (Å²) in [7, 11) is 0. The first-order valence-electron chi connectivity index (χ1n) is 7.41. The predicted octanol–water partition coefficient (Wildman–Crippen LogP) is 2.23. The molecule has 21 heavy (non-hydrogen) atoms. The minimum absolute atomic E-state index is 0.0648. The summed E-state index contributed by atoms with van der Waals surface area (Å²) in [5, 5.41) is 15.0. The van der Waals surface area contributed by atoms with Crippen LogP contribution in [0.4, 0.5) is 5.69 Å². The second-order valence-corrected chi connectivity index (χ2v) is 5.14. The fourth-order valence-corrected chi connectivity index (χ4v) is 2.28. The molecule has 0 fully saturated rings. The van der Waals surface area contributed by atoms with Crippen molar-refractivity contribution in [2.24, 2.45) is 0 Å². The monoisotopic (exact) mass is 287 g/mol. The number of rotatable bonds is 7. The van der Waals surface area contributed by atoms with Crippen molar-refractivity contribution in [1.29, 1.82) is 5.26 Å². The van der Waals surface area contributed by atoms with Gasteiger partial charge >= 0.3 is 0 Å². The molecule has 1 unspecified atom stereocenters. The van der Waals surface area contributed by atoms with Crippen molar-refractivity contribution in [1.82, 2.24) is 5.32 Å². The maximum absolute atomic E-state index is 11.3. The third-order valence-corrected chi connectivity index (χ3v) is 3.44. The molecule has 1 heterocycles. The summed E-state index contributed by atoms with van der Waals surface area (Å²) in [6.45, 7) is 3.42. The number of hydrogen-bond donors (Lipinski definition) is 2. The molecule has 0 aromatic heterocycles. The molecule has 2 N–H and O–H groups in total. The highest BCUT2D eigenvalue weighted by molar-refractivity contribution is 5.93. The first-order chi connectivity index (χ1) is 10.2. The minimum Gasteiger partial charge on any atom is -0.493 e. The van der Waals surface area contributed by atoms with Crippen molar-refractivity contribution in [2.75, 3.05) is 18.5 Å². The van der Waals surface area contributed by atoms with Crippen LogP contribution < -0.4 is 15.4 Å². The molecule has 0 bridgehead atoms. The van der Waals surface area contributed by atoms with Crippen LogP contribution in [-0.2, 0) is 11.2 Å².